The second-order valence-electron chi connectivity index (χ2n) is 7.77. The number of carbonyl (C=O) groups excluding carboxylic acids is 1. The van der Waals surface area contributed by atoms with Crippen molar-refractivity contribution >= 4 is 38.1 Å². The third-order valence-electron chi connectivity index (χ3n) is 5.30. The minimum absolute atomic E-state index is 0.103. The molecule has 0 fully saturated rings. The average Bonchev–Trinajstić information content (AvgIpc) is 2.80. The zero-order valence-corrected chi connectivity index (χ0v) is 19.1. The fraction of sp³-hybridized carbons (Fsp3) is 0.115. The van der Waals surface area contributed by atoms with Crippen molar-refractivity contribution in [3.63, 3.8) is 0 Å². The van der Waals surface area contributed by atoms with Crippen molar-refractivity contribution in [1.82, 2.24) is 0 Å². The molecule has 0 spiro atoms. The first-order chi connectivity index (χ1) is 15.8. The van der Waals surface area contributed by atoms with E-state index in [0.29, 0.717) is 17.1 Å². The van der Waals surface area contributed by atoms with Crippen LogP contribution in [0.3, 0.4) is 0 Å². The maximum Gasteiger partial charge on any atom is 0.262 e. The zero-order chi connectivity index (χ0) is 23.4. The number of rotatable bonds is 7. The molecule has 0 radical (unpaired) electrons. The summed E-state index contributed by atoms with van der Waals surface area (Å²) in [4.78, 5) is 12.4. The van der Waals surface area contributed by atoms with E-state index < -0.39 is 10.0 Å². The van der Waals surface area contributed by atoms with Crippen LogP contribution in [0.15, 0.2) is 89.8 Å². The highest BCUT2D eigenvalue weighted by Crippen LogP contribution is 2.22. The Morgan fingerprint density at radius 2 is 1.48 bits per heavy atom. The predicted molar refractivity (Wildman–Crippen MR) is 131 cm³/mol. The fourth-order valence-corrected chi connectivity index (χ4v) is 4.39. The number of hydrogen-bond donors (Lipinski definition) is 2. The third-order valence-corrected chi connectivity index (χ3v) is 6.70. The van der Waals surface area contributed by atoms with Gasteiger partial charge in [-0.3, -0.25) is 9.52 Å². The molecule has 33 heavy (non-hydrogen) atoms. The van der Waals surface area contributed by atoms with Crippen molar-refractivity contribution in [2.24, 2.45) is 0 Å². The van der Waals surface area contributed by atoms with Crippen molar-refractivity contribution in [3.8, 4) is 5.75 Å². The standard InChI is InChI=1S/C26H24N2O4S/c1-18-7-9-23(15-19(18)2)28-33(30,31)25-13-10-22(11-14-25)27-26(29)17-32-24-12-8-20-5-3-4-6-21(20)16-24/h3-16,28H,17H2,1-2H3,(H,27,29). The van der Waals surface area contributed by atoms with Crippen LogP contribution in [0.1, 0.15) is 11.1 Å². The summed E-state index contributed by atoms with van der Waals surface area (Å²) in [5, 5.41) is 4.84. The highest BCUT2D eigenvalue weighted by molar-refractivity contribution is 7.92. The lowest BCUT2D eigenvalue weighted by Gasteiger charge is -2.11. The molecule has 0 saturated heterocycles. The molecular weight excluding hydrogens is 436 g/mol. The number of carbonyl (C=O) groups is 1. The van der Waals surface area contributed by atoms with Crippen molar-refractivity contribution in [1.29, 1.82) is 0 Å². The minimum Gasteiger partial charge on any atom is -0.484 e. The number of benzene rings is 4. The van der Waals surface area contributed by atoms with Gasteiger partial charge in [0.2, 0.25) is 0 Å². The summed E-state index contributed by atoms with van der Waals surface area (Å²) in [7, 11) is -3.74. The Morgan fingerprint density at radius 3 is 2.21 bits per heavy atom. The fourth-order valence-electron chi connectivity index (χ4n) is 3.34. The predicted octanol–water partition coefficient (Wildman–Crippen LogP) is 5.27. The quantitative estimate of drug-likeness (QED) is 0.393. The molecule has 0 unspecified atom stereocenters. The van der Waals surface area contributed by atoms with Crippen LogP contribution in [0.5, 0.6) is 5.75 Å². The molecular formula is C26H24N2O4S. The van der Waals surface area contributed by atoms with E-state index in [1.54, 1.807) is 24.3 Å². The second kappa shape index (κ2) is 9.34. The number of aryl methyl sites for hydroxylation is 2. The molecule has 0 saturated carbocycles. The second-order valence-corrected chi connectivity index (χ2v) is 9.46. The molecule has 0 aliphatic heterocycles. The van der Waals surface area contributed by atoms with Crippen LogP contribution in [0.25, 0.3) is 10.8 Å². The molecule has 1 amide bonds. The van der Waals surface area contributed by atoms with Crippen LogP contribution >= 0.6 is 0 Å². The summed E-state index contributed by atoms with van der Waals surface area (Å²) in [6, 6.07) is 24.9. The van der Waals surface area contributed by atoms with Gasteiger partial charge in [-0.1, -0.05) is 36.4 Å². The summed E-state index contributed by atoms with van der Waals surface area (Å²) >= 11 is 0. The maximum absolute atomic E-state index is 12.7. The SMILES string of the molecule is Cc1ccc(NS(=O)(=O)c2ccc(NC(=O)COc3ccc4ccccc4c3)cc2)cc1C. The number of amides is 1. The normalized spacial score (nSPS) is 11.2. The van der Waals surface area contributed by atoms with Crippen LogP contribution in [0.4, 0.5) is 11.4 Å². The van der Waals surface area contributed by atoms with Gasteiger partial charge in [-0.05, 0) is 84.3 Å². The Balaban J connectivity index is 1.36. The summed E-state index contributed by atoms with van der Waals surface area (Å²) in [5.41, 5.74) is 3.07. The molecule has 0 heterocycles. The highest BCUT2D eigenvalue weighted by atomic mass is 32.2. The van der Waals surface area contributed by atoms with Gasteiger partial charge in [0.15, 0.2) is 6.61 Å². The van der Waals surface area contributed by atoms with E-state index in [1.807, 2.05) is 62.4 Å². The smallest absolute Gasteiger partial charge is 0.262 e. The van der Waals surface area contributed by atoms with Crippen LogP contribution in [0, 0.1) is 13.8 Å². The van der Waals surface area contributed by atoms with Crippen LogP contribution in [-0.2, 0) is 14.8 Å². The van der Waals surface area contributed by atoms with Crippen molar-refractivity contribution in [2.45, 2.75) is 18.7 Å². The first kappa shape index (κ1) is 22.4. The molecule has 168 valence electrons. The lowest BCUT2D eigenvalue weighted by molar-refractivity contribution is -0.118. The Morgan fingerprint density at radius 1 is 0.788 bits per heavy atom. The van der Waals surface area contributed by atoms with Crippen molar-refractivity contribution in [3.05, 3.63) is 96.1 Å². The van der Waals surface area contributed by atoms with E-state index in [0.717, 1.165) is 21.9 Å². The third kappa shape index (κ3) is 5.51. The number of hydrogen-bond acceptors (Lipinski definition) is 4. The summed E-state index contributed by atoms with van der Waals surface area (Å²) < 4.78 is 33.5. The van der Waals surface area contributed by atoms with Gasteiger partial charge in [-0.2, -0.15) is 0 Å². The van der Waals surface area contributed by atoms with Crippen LogP contribution < -0.4 is 14.8 Å². The van der Waals surface area contributed by atoms with E-state index in [2.05, 4.69) is 10.0 Å². The van der Waals surface area contributed by atoms with E-state index in [4.69, 9.17) is 4.74 Å². The van der Waals surface area contributed by atoms with Crippen molar-refractivity contribution < 1.29 is 17.9 Å². The molecule has 4 aromatic carbocycles. The van der Waals surface area contributed by atoms with Crippen molar-refractivity contribution in [2.75, 3.05) is 16.6 Å². The molecule has 0 aliphatic rings. The topological polar surface area (TPSA) is 84.5 Å². The molecule has 0 bridgehead atoms. The molecule has 7 heteroatoms. The Kier molecular flexibility index (Phi) is 6.33. The van der Waals surface area contributed by atoms with Gasteiger partial charge in [-0.25, -0.2) is 8.42 Å². The first-order valence-corrected chi connectivity index (χ1v) is 11.9. The lowest BCUT2D eigenvalue weighted by atomic mass is 10.1. The largest absolute Gasteiger partial charge is 0.484 e. The first-order valence-electron chi connectivity index (χ1n) is 10.4. The summed E-state index contributed by atoms with van der Waals surface area (Å²) in [5.74, 6) is 0.259. The molecule has 0 aromatic heterocycles. The monoisotopic (exact) mass is 460 g/mol. The Hall–Kier alpha value is -3.84. The average molecular weight is 461 g/mol. The molecule has 0 aliphatic carbocycles. The number of ether oxygens (including phenoxy) is 1. The van der Waals surface area contributed by atoms with Gasteiger partial charge in [0.25, 0.3) is 15.9 Å². The molecule has 6 nitrogen and oxygen atoms in total. The number of anilines is 2. The highest BCUT2D eigenvalue weighted by Gasteiger charge is 2.15. The van der Waals surface area contributed by atoms with Crippen LogP contribution in [-0.4, -0.2) is 20.9 Å². The van der Waals surface area contributed by atoms with E-state index in [1.165, 1.54) is 12.1 Å². The maximum atomic E-state index is 12.7. The Bertz CT molecular complexity index is 1410. The van der Waals surface area contributed by atoms with E-state index in [9.17, 15) is 13.2 Å². The summed E-state index contributed by atoms with van der Waals surface area (Å²) in [6.45, 7) is 3.73. The van der Waals surface area contributed by atoms with Gasteiger partial charge >= 0.3 is 0 Å². The summed E-state index contributed by atoms with van der Waals surface area (Å²) in [6.07, 6.45) is 0. The Labute approximate surface area is 193 Å². The number of sulfonamides is 1. The van der Waals surface area contributed by atoms with Gasteiger partial charge in [-0.15, -0.1) is 0 Å². The van der Waals surface area contributed by atoms with Gasteiger partial charge in [0.1, 0.15) is 5.75 Å². The van der Waals surface area contributed by atoms with Gasteiger partial charge < -0.3 is 10.1 Å². The number of fused-ring (bicyclic) bond motifs is 1. The minimum atomic E-state index is -3.74. The van der Waals surface area contributed by atoms with Gasteiger partial charge in [0.05, 0.1) is 4.90 Å². The van der Waals surface area contributed by atoms with Crippen LogP contribution in [0.2, 0.25) is 0 Å². The molecule has 0 atom stereocenters. The molecule has 4 aromatic rings. The van der Waals surface area contributed by atoms with Gasteiger partial charge in [0, 0.05) is 11.4 Å². The molecule has 4 rings (SSSR count). The van der Waals surface area contributed by atoms with E-state index >= 15 is 0 Å². The number of nitrogens with one attached hydrogen (secondary N) is 2. The lowest BCUT2D eigenvalue weighted by Crippen LogP contribution is -2.20. The zero-order valence-electron chi connectivity index (χ0n) is 18.3. The molecule has 2 N–H and O–H groups in total. The van der Waals surface area contributed by atoms with E-state index in [-0.39, 0.29) is 17.4 Å².